The summed E-state index contributed by atoms with van der Waals surface area (Å²) in [6, 6.07) is -0.444. The summed E-state index contributed by atoms with van der Waals surface area (Å²) in [5.74, 6) is 0.0962. The van der Waals surface area contributed by atoms with Crippen LogP contribution in [0.3, 0.4) is 0 Å². The van der Waals surface area contributed by atoms with Crippen molar-refractivity contribution in [3.63, 3.8) is 0 Å². The number of hydrogen-bond acceptors (Lipinski definition) is 2. The van der Waals surface area contributed by atoms with Crippen LogP contribution in [-0.2, 0) is 4.79 Å². The number of rotatable bonds is 11. The molecule has 4 heteroatoms. The summed E-state index contributed by atoms with van der Waals surface area (Å²) in [7, 11) is 0. The second kappa shape index (κ2) is 11.5. The van der Waals surface area contributed by atoms with E-state index in [1.165, 1.54) is 32.1 Å². The third kappa shape index (κ3) is 8.75. The van der Waals surface area contributed by atoms with E-state index in [4.69, 9.17) is 5.53 Å². The van der Waals surface area contributed by atoms with Gasteiger partial charge in [-0.05, 0) is 18.4 Å². The van der Waals surface area contributed by atoms with E-state index >= 15 is 0 Å². The first-order valence-electron chi connectivity index (χ1n) is 6.83. The fourth-order valence-electron chi connectivity index (χ4n) is 1.86. The normalized spacial score (nSPS) is 11.9. The Kier molecular flexibility index (Phi) is 10.8. The molecule has 0 amide bonds. The highest BCUT2D eigenvalue weighted by Crippen LogP contribution is 2.11. The van der Waals surface area contributed by atoms with Crippen molar-refractivity contribution in [2.45, 2.75) is 77.7 Å². The summed E-state index contributed by atoms with van der Waals surface area (Å²) in [4.78, 5) is 14.3. The van der Waals surface area contributed by atoms with Crippen molar-refractivity contribution in [3.8, 4) is 0 Å². The summed E-state index contributed by atoms with van der Waals surface area (Å²) in [5.41, 5.74) is 8.31. The number of unbranched alkanes of at least 4 members (excludes halogenated alkanes) is 6. The van der Waals surface area contributed by atoms with Crippen molar-refractivity contribution in [1.82, 2.24) is 0 Å². The molecule has 98 valence electrons. The lowest BCUT2D eigenvalue weighted by Crippen LogP contribution is -2.16. The Labute approximate surface area is 104 Å². The number of carbonyl (C=O) groups is 1. The van der Waals surface area contributed by atoms with Crippen molar-refractivity contribution in [2.24, 2.45) is 5.11 Å². The molecule has 0 saturated heterocycles. The molecule has 0 aliphatic carbocycles. The van der Waals surface area contributed by atoms with Crippen molar-refractivity contribution in [2.75, 3.05) is 0 Å². The van der Waals surface area contributed by atoms with E-state index in [-0.39, 0.29) is 5.78 Å². The Hall–Kier alpha value is -1.02. The molecule has 0 heterocycles. The molecule has 1 unspecified atom stereocenters. The Morgan fingerprint density at radius 2 is 1.71 bits per heavy atom. The van der Waals surface area contributed by atoms with Crippen molar-refractivity contribution >= 4 is 5.78 Å². The predicted molar refractivity (Wildman–Crippen MR) is 70.8 cm³/mol. The third-order valence-corrected chi connectivity index (χ3v) is 2.98. The second-order valence-electron chi connectivity index (χ2n) is 4.47. The Balaban J connectivity index is 3.53. The van der Waals surface area contributed by atoms with Gasteiger partial charge in [-0.25, -0.2) is 0 Å². The van der Waals surface area contributed by atoms with Crippen LogP contribution >= 0.6 is 0 Å². The smallest absolute Gasteiger partial charge is 0.141 e. The van der Waals surface area contributed by atoms with Gasteiger partial charge >= 0.3 is 0 Å². The third-order valence-electron chi connectivity index (χ3n) is 2.98. The first-order chi connectivity index (χ1) is 8.26. The second-order valence-corrected chi connectivity index (χ2v) is 4.47. The number of hydrogen-bond donors (Lipinski definition) is 0. The molecule has 0 spiro atoms. The van der Waals surface area contributed by atoms with Crippen LogP contribution in [0.5, 0.6) is 0 Å². The van der Waals surface area contributed by atoms with Crippen molar-refractivity contribution in [1.29, 1.82) is 0 Å². The molecule has 0 N–H and O–H groups in total. The standard InChI is InChI=1S/C13H25N3O/c1-3-5-6-7-8-9-10-11-13(17)12(4-2)15-16-14/h12H,3-11H2,1-2H3. The van der Waals surface area contributed by atoms with Gasteiger partial charge in [-0.3, -0.25) is 4.79 Å². The molecule has 4 nitrogen and oxygen atoms in total. The van der Waals surface area contributed by atoms with Crippen LogP contribution in [-0.4, -0.2) is 11.8 Å². The van der Waals surface area contributed by atoms with Crippen LogP contribution in [0.15, 0.2) is 5.11 Å². The van der Waals surface area contributed by atoms with Crippen LogP contribution in [0.25, 0.3) is 10.4 Å². The first-order valence-corrected chi connectivity index (χ1v) is 6.83. The average Bonchev–Trinajstić information content (AvgIpc) is 2.34. The first kappa shape index (κ1) is 16.0. The monoisotopic (exact) mass is 239 g/mol. The lowest BCUT2D eigenvalue weighted by atomic mass is 10.0. The van der Waals surface area contributed by atoms with E-state index in [2.05, 4.69) is 16.9 Å². The highest BCUT2D eigenvalue weighted by Gasteiger charge is 2.13. The molecule has 0 aromatic rings. The van der Waals surface area contributed by atoms with Crippen molar-refractivity contribution in [3.05, 3.63) is 10.4 Å². The molecule has 0 aliphatic rings. The minimum Gasteiger partial charge on any atom is -0.299 e. The number of carbonyl (C=O) groups excluding carboxylic acids is 1. The van der Waals surface area contributed by atoms with Crippen molar-refractivity contribution < 1.29 is 4.79 Å². The van der Waals surface area contributed by atoms with E-state index in [1.54, 1.807) is 0 Å². The maximum atomic E-state index is 11.6. The predicted octanol–water partition coefficient (Wildman–Crippen LogP) is 4.79. The van der Waals surface area contributed by atoms with Gasteiger partial charge in [0.15, 0.2) is 0 Å². The molecular weight excluding hydrogens is 214 g/mol. The summed E-state index contributed by atoms with van der Waals surface area (Å²) < 4.78 is 0. The lowest BCUT2D eigenvalue weighted by molar-refractivity contribution is -0.120. The fourth-order valence-corrected chi connectivity index (χ4v) is 1.86. The van der Waals surface area contributed by atoms with E-state index in [0.717, 1.165) is 12.8 Å². The molecule has 0 radical (unpaired) electrons. The minimum atomic E-state index is -0.444. The number of nitrogens with zero attached hydrogens (tertiary/aromatic N) is 3. The molecule has 0 aromatic carbocycles. The Morgan fingerprint density at radius 3 is 2.24 bits per heavy atom. The summed E-state index contributed by atoms with van der Waals surface area (Å²) in [6.45, 7) is 4.08. The SMILES string of the molecule is CCCCCCCCCC(=O)C(CC)N=[N+]=[N-]. The summed E-state index contributed by atoms with van der Waals surface area (Å²) in [5, 5.41) is 3.51. The highest BCUT2D eigenvalue weighted by molar-refractivity contribution is 5.83. The van der Waals surface area contributed by atoms with E-state index in [1.807, 2.05) is 6.92 Å². The fraction of sp³-hybridized carbons (Fsp3) is 0.923. The maximum absolute atomic E-state index is 11.6. The molecule has 0 aliphatic heterocycles. The summed E-state index contributed by atoms with van der Waals surface area (Å²) >= 11 is 0. The van der Waals surface area contributed by atoms with Crippen LogP contribution < -0.4 is 0 Å². The zero-order valence-electron chi connectivity index (χ0n) is 11.2. The molecule has 17 heavy (non-hydrogen) atoms. The topological polar surface area (TPSA) is 65.8 Å². The highest BCUT2D eigenvalue weighted by atomic mass is 16.1. The van der Waals surface area contributed by atoms with Gasteiger partial charge in [-0.15, -0.1) is 0 Å². The number of ketones is 1. The van der Waals surface area contributed by atoms with Gasteiger partial charge in [0.1, 0.15) is 5.78 Å². The van der Waals surface area contributed by atoms with Gasteiger partial charge in [0.2, 0.25) is 0 Å². The van der Waals surface area contributed by atoms with Crippen LogP contribution in [0, 0.1) is 0 Å². The van der Waals surface area contributed by atoms with Gasteiger partial charge in [0.05, 0.1) is 6.04 Å². The zero-order chi connectivity index (χ0) is 12.9. The molecule has 0 bridgehead atoms. The van der Waals surface area contributed by atoms with E-state index in [9.17, 15) is 4.79 Å². The largest absolute Gasteiger partial charge is 0.299 e. The van der Waals surface area contributed by atoms with Crippen LogP contribution in [0.2, 0.25) is 0 Å². The average molecular weight is 239 g/mol. The number of Topliss-reactive ketones (excluding diaryl/α,β-unsaturated/α-hetero) is 1. The number of azide groups is 1. The van der Waals surface area contributed by atoms with Gasteiger partial charge in [0.25, 0.3) is 0 Å². The van der Waals surface area contributed by atoms with E-state index < -0.39 is 6.04 Å². The minimum absolute atomic E-state index is 0.0962. The van der Waals surface area contributed by atoms with Crippen LogP contribution in [0.4, 0.5) is 0 Å². The maximum Gasteiger partial charge on any atom is 0.141 e. The zero-order valence-corrected chi connectivity index (χ0v) is 11.2. The molecule has 0 fully saturated rings. The molecular formula is C13H25N3O. The van der Waals surface area contributed by atoms with Gasteiger partial charge in [0, 0.05) is 11.3 Å². The Bertz CT molecular complexity index is 247. The van der Waals surface area contributed by atoms with Gasteiger partial charge in [-0.2, -0.15) is 0 Å². The molecule has 0 aromatic heterocycles. The summed E-state index contributed by atoms with van der Waals surface area (Å²) in [6.07, 6.45) is 9.59. The molecule has 0 rings (SSSR count). The van der Waals surface area contributed by atoms with Gasteiger partial charge in [-0.1, -0.05) is 57.5 Å². The van der Waals surface area contributed by atoms with Gasteiger partial charge < -0.3 is 0 Å². The molecule has 0 saturated carbocycles. The van der Waals surface area contributed by atoms with E-state index in [0.29, 0.717) is 12.8 Å². The Morgan fingerprint density at radius 1 is 1.12 bits per heavy atom. The van der Waals surface area contributed by atoms with Crippen LogP contribution in [0.1, 0.15) is 71.6 Å². The quantitative estimate of drug-likeness (QED) is 0.221. The lowest BCUT2D eigenvalue weighted by Gasteiger charge is -2.06. The molecule has 1 atom stereocenters.